The second-order valence-corrected chi connectivity index (χ2v) is 3.55. The van der Waals surface area contributed by atoms with Gasteiger partial charge in [-0.15, -0.1) is 0 Å². The van der Waals surface area contributed by atoms with Crippen LogP contribution < -0.4 is 68.9 Å². The fourth-order valence-electron chi connectivity index (χ4n) is 0.130. The number of rotatable bonds is 2. The van der Waals surface area contributed by atoms with Gasteiger partial charge in [-0.05, 0) is 0 Å². The Morgan fingerprint density at radius 3 is 1.23 bits per heavy atom. The second kappa shape index (κ2) is 10.7. The summed E-state index contributed by atoms with van der Waals surface area (Å²) in [7, 11) is -10.7. The Kier molecular flexibility index (Phi) is 20.1. The van der Waals surface area contributed by atoms with Crippen LogP contribution in [0.25, 0.3) is 0 Å². The second-order valence-electron chi connectivity index (χ2n) is 1.02. The largest absolute Gasteiger partial charge is 1.00 e. The minimum absolute atomic E-state index is 0. The third-order valence-electron chi connectivity index (χ3n) is 0.206. The van der Waals surface area contributed by atoms with E-state index in [4.69, 9.17) is 20.3 Å². The van der Waals surface area contributed by atoms with Crippen molar-refractivity contribution in [2.45, 2.75) is 0 Å². The van der Waals surface area contributed by atoms with Crippen molar-refractivity contribution in [2.24, 2.45) is 0 Å². The minimum atomic E-state index is -5.55. The predicted molar refractivity (Wildman–Crippen MR) is 26.0 cm³/mol. The van der Waals surface area contributed by atoms with Crippen molar-refractivity contribution in [2.75, 3.05) is 0 Å². The van der Waals surface area contributed by atoms with Gasteiger partial charge in [-0.3, -0.25) is 14.8 Å². The van der Waals surface area contributed by atoms with Crippen molar-refractivity contribution < 1.29 is 103 Å². The average molecular weight is 256 g/mol. The summed E-state index contributed by atoms with van der Waals surface area (Å²) in [5.41, 5.74) is 0. The standard InChI is InChI=1S/2Na.H4O7P2.H2O2/c;;1-8(2,3)7-9(4,5)6;1-2/h;;(H2,1,2,3)(H2,4,5,6);1-2H/q2*+1;;/p-2. The molecule has 0 bridgehead atoms. The quantitative estimate of drug-likeness (QED) is 0.162. The molecule has 0 rings (SSSR count). The Bertz CT molecular complexity index is 156. The van der Waals surface area contributed by atoms with Gasteiger partial charge in [-0.25, -0.2) is 4.57 Å². The molecule has 0 aromatic heterocycles. The van der Waals surface area contributed by atoms with Crippen LogP contribution in [0.5, 0.6) is 0 Å². The van der Waals surface area contributed by atoms with Gasteiger partial charge in [0, 0.05) is 0 Å². The molecule has 0 aliphatic rings. The van der Waals surface area contributed by atoms with Crippen LogP contribution >= 0.6 is 15.6 Å². The van der Waals surface area contributed by atoms with Crippen LogP contribution in [0.2, 0.25) is 0 Å². The van der Waals surface area contributed by atoms with E-state index in [0.717, 1.165) is 0 Å². The first-order valence-corrected chi connectivity index (χ1v) is 4.69. The minimum Gasteiger partial charge on any atom is -0.789 e. The summed E-state index contributed by atoms with van der Waals surface area (Å²) in [4.78, 5) is 34.1. The fourth-order valence-corrected chi connectivity index (χ4v) is 1.17. The summed E-state index contributed by atoms with van der Waals surface area (Å²) in [5.74, 6) is 0. The van der Waals surface area contributed by atoms with Crippen molar-refractivity contribution in [3.63, 3.8) is 0 Å². The molecule has 0 spiro atoms. The molecule has 0 aliphatic heterocycles. The van der Waals surface area contributed by atoms with Crippen molar-refractivity contribution in [3.05, 3.63) is 0 Å². The van der Waals surface area contributed by atoms with Gasteiger partial charge in [-0.2, -0.15) is 0 Å². The first kappa shape index (κ1) is 24.4. The van der Waals surface area contributed by atoms with Crippen LogP contribution in [-0.4, -0.2) is 20.3 Å². The van der Waals surface area contributed by atoms with E-state index in [1.54, 1.807) is 0 Å². The van der Waals surface area contributed by atoms with E-state index >= 15 is 0 Å². The average Bonchev–Trinajstić information content (AvgIpc) is 1.60. The molecular formula is H4Na2O9P2. The number of hydrogen-bond donors (Lipinski definition) is 4. The molecule has 0 unspecified atom stereocenters. The first-order valence-electron chi connectivity index (χ1n) is 1.70. The molecule has 13 heavy (non-hydrogen) atoms. The van der Waals surface area contributed by atoms with Gasteiger partial charge in [-0.1, -0.05) is 0 Å². The molecule has 0 aromatic rings. The third kappa shape index (κ3) is 31.4. The maximum Gasteiger partial charge on any atom is 1.00 e. The topological polar surface area (TPSA) is 170 Å². The van der Waals surface area contributed by atoms with Crippen molar-refractivity contribution in [1.29, 1.82) is 0 Å². The Labute approximate surface area is 117 Å². The monoisotopic (exact) mass is 256 g/mol. The van der Waals surface area contributed by atoms with Crippen LogP contribution in [0.4, 0.5) is 0 Å². The maximum atomic E-state index is 9.55. The molecule has 0 saturated heterocycles. The van der Waals surface area contributed by atoms with Gasteiger partial charge in [0.1, 0.15) is 0 Å². The van der Waals surface area contributed by atoms with Gasteiger partial charge in [0.05, 0.1) is 7.82 Å². The van der Waals surface area contributed by atoms with E-state index in [9.17, 15) is 18.9 Å². The van der Waals surface area contributed by atoms with Gasteiger partial charge >= 0.3 is 66.9 Å². The Morgan fingerprint density at radius 2 is 1.23 bits per heavy atom. The fraction of sp³-hybridized carbons (Fsp3) is 0. The van der Waals surface area contributed by atoms with Crippen LogP contribution in [0.3, 0.4) is 0 Å². The zero-order valence-electron chi connectivity index (χ0n) is 6.72. The first-order chi connectivity index (χ1) is 4.71. The third-order valence-corrected chi connectivity index (χ3v) is 1.86. The van der Waals surface area contributed by atoms with E-state index in [-0.39, 0.29) is 59.1 Å². The van der Waals surface area contributed by atoms with Gasteiger partial charge in [0.15, 0.2) is 0 Å². The van der Waals surface area contributed by atoms with E-state index in [0.29, 0.717) is 0 Å². The van der Waals surface area contributed by atoms with E-state index < -0.39 is 15.6 Å². The summed E-state index contributed by atoms with van der Waals surface area (Å²) in [6.07, 6.45) is 0. The van der Waals surface area contributed by atoms with Crippen LogP contribution in [0.1, 0.15) is 0 Å². The summed E-state index contributed by atoms with van der Waals surface area (Å²) in [6.45, 7) is 0. The van der Waals surface area contributed by atoms with Gasteiger partial charge in [0.25, 0.3) is 0 Å². The molecule has 70 valence electrons. The molecule has 9 nitrogen and oxygen atoms in total. The van der Waals surface area contributed by atoms with Crippen molar-refractivity contribution in [1.82, 2.24) is 0 Å². The zero-order chi connectivity index (χ0) is 9.71. The molecule has 0 amide bonds. The molecule has 0 aromatic carbocycles. The predicted octanol–water partition coefficient (Wildman–Crippen LogP) is -8.05. The normalized spacial score (nSPS) is 10.0. The SMILES string of the molecule is O=P([O-])([O-])OP(=O)(O)O.OO.[Na+].[Na+]. The van der Waals surface area contributed by atoms with Gasteiger partial charge in [0.2, 0.25) is 0 Å². The Balaban J connectivity index is -0.0000000941. The van der Waals surface area contributed by atoms with Crippen molar-refractivity contribution in [3.8, 4) is 0 Å². The summed E-state index contributed by atoms with van der Waals surface area (Å²) in [6, 6.07) is 0. The van der Waals surface area contributed by atoms with Crippen LogP contribution in [-0.2, 0) is 13.4 Å². The number of phosphoric acid groups is 2. The molecule has 0 fully saturated rings. The van der Waals surface area contributed by atoms with E-state index in [1.807, 2.05) is 0 Å². The van der Waals surface area contributed by atoms with Gasteiger partial charge < -0.3 is 24.1 Å². The van der Waals surface area contributed by atoms with E-state index in [1.165, 1.54) is 0 Å². The maximum absolute atomic E-state index is 9.55. The molecule has 0 aliphatic carbocycles. The smallest absolute Gasteiger partial charge is 0.789 e. The molecule has 4 N–H and O–H groups in total. The van der Waals surface area contributed by atoms with Crippen molar-refractivity contribution >= 4 is 15.6 Å². The van der Waals surface area contributed by atoms with Crippen LogP contribution in [0, 0.1) is 0 Å². The zero-order valence-corrected chi connectivity index (χ0v) is 12.5. The van der Waals surface area contributed by atoms with Crippen LogP contribution in [0.15, 0.2) is 0 Å². The molecule has 0 heterocycles. The summed E-state index contributed by atoms with van der Waals surface area (Å²) >= 11 is 0. The Hall–Kier alpha value is 2.18. The Morgan fingerprint density at radius 1 is 1.00 bits per heavy atom. The molecule has 0 atom stereocenters. The van der Waals surface area contributed by atoms with E-state index in [2.05, 4.69) is 4.31 Å². The molecular weight excluding hydrogens is 252 g/mol. The number of hydrogen-bond acceptors (Lipinski definition) is 7. The summed E-state index contributed by atoms with van der Waals surface area (Å²) < 4.78 is 21.7. The summed E-state index contributed by atoms with van der Waals surface area (Å²) in [5, 5.41) is 12.0. The molecule has 0 saturated carbocycles. The molecule has 13 heteroatoms. The molecule has 0 radical (unpaired) electrons.